The summed E-state index contributed by atoms with van der Waals surface area (Å²) in [5.41, 5.74) is 6.73. The van der Waals surface area contributed by atoms with E-state index in [0.29, 0.717) is 18.8 Å². The smallest absolute Gasteiger partial charge is 0.305 e. The molecule has 30 heavy (non-hydrogen) atoms. The van der Waals surface area contributed by atoms with Crippen LogP contribution in [0.4, 0.5) is 0 Å². The molecule has 0 bridgehead atoms. The first-order chi connectivity index (χ1) is 14.6. The number of hydrogen-bond donors (Lipinski definition) is 2. The van der Waals surface area contributed by atoms with Crippen molar-refractivity contribution in [1.29, 1.82) is 0 Å². The van der Waals surface area contributed by atoms with Gasteiger partial charge < -0.3 is 9.47 Å². The van der Waals surface area contributed by atoms with Crippen LogP contribution in [0.1, 0.15) is 36.8 Å². The highest BCUT2D eigenvalue weighted by Gasteiger charge is 2.08. The van der Waals surface area contributed by atoms with Crippen LogP contribution in [0.3, 0.4) is 0 Å². The Labute approximate surface area is 176 Å². The second kappa shape index (κ2) is 13.0. The number of esters is 1. The van der Waals surface area contributed by atoms with Crippen LogP contribution in [0.5, 0.6) is 5.75 Å². The van der Waals surface area contributed by atoms with Crippen LogP contribution in [-0.4, -0.2) is 31.5 Å². The molecule has 0 spiro atoms. The number of carbonyl (C=O) groups excluding carboxylic acids is 3. The van der Waals surface area contributed by atoms with Gasteiger partial charge in [0.05, 0.1) is 20.1 Å². The molecule has 0 saturated carbocycles. The first-order valence-electron chi connectivity index (χ1n) is 9.97. The van der Waals surface area contributed by atoms with Crippen molar-refractivity contribution in [3.63, 3.8) is 0 Å². The molecule has 2 aromatic carbocycles. The van der Waals surface area contributed by atoms with Gasteiger partial charge in [0.2, 0.25) is 11.8 Å². The fourth-order valence-corrected chi connectivity index (χ4v) is 2.75. The number of hydrazine groups is 1. The second-order valence-corrected chi connectivity index (χ2v) is 6.78. The van der Waals surface area contributed by atoms with E-state index in [4.69, 9.17) is 9.47 Å². The largest absolute Gasteiger partial charge is 0.497 e. The Morgan fingerprint density at radius 3 is 2.20 bits per heavy atom. The van der Waals surface area contributed by atoms with Gasteiger partial charge >= 0.3 is 5.97 Å². The monoisotopic (exact) mass is 412 g/mol. The molecule has 0 aromatic heterocycles. The highest BCUT2D eigenvalue weighted by Crippen LogP contribution is 2.11. The molecule has 0 aliphatic heterocycles. The summed E-state index contributed by atoms with van der Waals surface area (Å²) >= 11 is 0. The van der Waals surface area contributed by atoms with Gasteiger partial charge in [-0.05, 0) is 42.5 Å². The van der Waals surface area contributed by atoms with Crippen LogP contribution in [-0.2, 0) is 32.0 Å². The number of methoxy groups -OCH3 is 1. The summed E-state index contributed by atoms with van der Waals surface area (Å²) in [6, 6.07) is 17.1. The van der Waals surface area contributed by atoms with Crippen molar-refractivity contribution in [2.24, 2.45) is 0 Å². The molecule has 2 N–H and O–H groups in total. The Hall–Kier alpha value is -3.35. The Bertz CT molecular complexity index is 806. The Kier molecular flexibility index (Phi) is 9.92. The molecule has 0 heterocycles. The van der Waals surface area contributed by atoms with Gasteiger partial charge in [-0.1, -0.05) is 42.5 Å². The Balaban J connectivity index is 1.51. The molecule has 0 unspecified atom stereocenters. The quantitative estimate of drug-likeness (QED) is 0.336. The predicted octanol–water partition coefficient (Wildman–Crippen LogP) is 2.73. The van der Waals surface area contributed by atoms with Gasteiger partial charge in [0.15, 0.2) is 0 Å². The van der Waals surface area contributed by atoms with E-state index in [1.54, 1.807) is 31.4 Å². The molecular formula is C23H28N2O5. The lowest BCUT2D eigenvalue weighted by Crippen LogP contribution is -2.42. The molecular weight excluding hydrogens is 384 g/mol. The van der Waals surface area contributed by atoms with E-state index in [1.807, 2.05) is 30.3 Å². The van der Waals surface area contributed by atoms with Gasteiger partial charge in [-0.15, -0.1) is 0 Å². The van der Waals surface area contributed by atoms with Gasteiger partial charge in [0.1, 0.15) is 5.75 Å². The van der Waals surface area contributed by atoms with Crippen LogP contribution in [0.15, 0.2) is 54.6 Å². The number of carbonyl (C=O) groups is 3. The third-order valence-electron chi connectivity index (χ3n) is 4.37. The second-order valence-electron chi connectivity index (χ2n) is 6.78. The molecule has 0 aliphatic rings. The van der Waals surface area contributed by atoms with E-state index >= 15 is 0 Å². The van der Waals surface area contributed by atoms with Crippen LogP contribution in [0, 0.1) is 0 Å². The van der Waals surface area contributed by atoms with Crippen molar-refractivity contribution in [3.05, 3.63) is 65.7 Å². The lowest BCUT2D eigenvalue weighted by Gasteiger charge is -2.08. The molecule has 2 rings (SSSR count). The van der Waals surface area contributed by atoms with Gasteiger partial charge in [0.25, 0.3) is 0 Å². The number of hydrogen-bond acceptors (Lipinski definition) is 5. The van der Waals surface area contributed by atoms with Crippen LogP contribution >= 0.6 is 0 Å². The molecule has 0 radical (unpaired) electrons. The summed E-state index contributed by atoms with van der Waals surface area (Å²) in [7, 11) is 1.57. The minimum Gasteiger partial charge on any atom is -0.497 e. The number of benzene rings is 2. The zero-order valence-corrected chi connectivity index (χ0v) is 17.2. The lowest BCUT2D eigenvalue weighted by atomic mass is 10.1. The third-order valence-corrected chi connectivity index (χ3v) is 4.37. The van der Waals surface area contributed by atoms with E-state index < -0.39 is 0 Å². The van der Waals surface area contributed by atoms with Crippen LogP contribution in [0.2, 0.25) is 0 Å². The average Bonchev–Trinajstić information content (AvgIpc) is 2.76. The molecule has 0 fully saturated rings. The predicted molar refractivity (Wildman–Crippen MR) is 113 cm³/mol. The van der Waals surface area contributed by atoms with E-state index in [1.165, 1.54) is 5.56 Å². The minimum atomic E-state index is -0.352. The maximum atomic E-state index is 11.9. The first-order valence-corrected chi connectivity index (χ1v) is 9.97. The molecule has 0 atom stereocenters. The van der Waals surface area contributed by atoms with Gasteiger partial charge in [-0.2, -0.15) is 0 Å². The fraction of sp³-hybridized carbons (Fsp3) is 0.348. The lowest BCUT2D eigenvalue weighted by molar-refractivity contribution is -0.144. The van der Waals surface area contributed by atoms with E-state index in [9.17, 15) is 14.4 Å². The zero-order chi connectivity index (χ0) is 21.6. The molecule has 7 nitrogen and oxygen atoms in total. The Morgan fingerprint density at radius 1 is 0.800 bits per heavy atom. The fourth-order valence-electron chi connectivity index (χ4n) is 2.75. The molecule has 0 saturated heterocycles. The highest BCUT2D eigenvalue weighted by atomic mass is 16.5. The van der Waals surface area contributed by atoms with Gasteiger partial charge in [-0.3, -0.25) is 25.2 Å². The summed E-state index contributed by atoms with van der Waals surface area (Å²) in [6.45, 7) is 0.362. The minimum absolute atomic E-state index is 0.127. The standard InChI is InChI=1S/C23H28N2O5/c1-29-20-14-12-19(13-15-20)17-22(27)25-24-21(26)10-5-11-23(28)30-16-6-9-18-7-3-2-4-8-18/h2-4,7-8,12-15H,5-6,9-11,16-17H2,1H3,(H,24,26)(H,25,27). The number of amides is 2. The summed E-state index contributed by atoms with van der Waals surface area (Å²) in [4.78, 5) is 35.4. The SMILES string of the molecule is COc1ccc(CC(=O)NNC(=O)CCCC(=O)OCCCc2ccccc2)cc1. The topological polar surface area (TPSA) is 93.7 Å². The summed E-state index contributed by atoms with van der Waals surface area (Å²) in [5, 5.41) is 0. The summed E-state index contributed by atoms with van der Waals surface area (Å²) in [5.74, 6) is -0.289. The van der Waals surface area contributed by atoms with Crippen molar-refractivity contribution >= 4 is 17.8 Å². The zero-order valence-electron chi connectivity index (χ0n) is 17.2. The molecule has 7 heteroatoms. The van der Waals surface area contributed by atoms with E-state index in [0.717, 1.165) is 18.4 Å². The van der Waals surface area contributed by atoms with Crippen molar-refractivity contribution < 1.29 is 23.9 Å². The maximum Gasteiger partial charge on any atom is 0.305 e. The molecule has 2 aromatic rings. The summed E-state index contributed by atoms with van der Waals surface area (Å²) in [6.07, 6.45) is 2.40. The van der Waals surface area contributed by atoms with Gasteiger partial charge in [0, 0.05) is 12.8 Å². The Morgan fingerprint density at radius 2 is 1.50 bits per heavy atom. The first kappa shape index (κ1) is 22.9. The molecule has 0 aliphatic carbocycles. The van der Waals surface area contributed by atoms with Crippen LogP contribution in [0.25, 0.3) is 0 Å². The number of rotatable bonds is 11. The van der Waals surface area contributed by atoms with Crippen molar-refractivity contribution in [2.75, 3.05) is 13.7 Å². The average molecular weight is 412 g/mol. The van der Waals surface area contributed by atoms with Crippen molar-refractivity contribution in [1.82, 2.24) is 10.9 Å². The number of aryl methyl sites for hydroxylation is 1. The van der Waals surface area contributed by atoms with Gasteiger partial charge in [-0.25, -0.2) is 0 Å². The summed E-state index contributed by atoms with van der Waals surface area (Å²) < 4.78 is 10.2. The van der Waals surface area contributed by atoms with Crippen molar-refractivity contribution in [3.8, 4) is 5.75 Å². The van der Waals surface area contributed by atoms with Crippen LogP contribution < -0.4 is 15.6 Å². The number of nitrogens with one attached hydrogen (secondary N) is 2. The number of ether oxygens (including phenoxy) is 2. The highest BCUT2D eigenvalue weighted by molar-refractivity contribution is 5.83. The molecule has 160 valence electrons. The molecule has 2 amide bonds. The normalized spacial score (nSPS) is 10.2. The maximum absolute atomic E-state index is 11.9. The van der Waals surface area contributed by atoms with E-state index in [2.05, 4.69) is 10.9 Å². The van der Waals surface area contributed by atoms with E-state index in [-0.39, 0.29) is 37.0 Å². The van der Waals surface area contributed by atoms with Crippen molar-refractivity contribution in [2.45, 2.75) is 38.5 Å². The third kappa shape index (κ3) is 9.23.